The third-order valence-electron chi connectivity index (χ3n) is 4.64. The number of likely N-dealkylation sites (tertiary alicyclic amines) is 1. The summed E-state index contributed by atoms with van der Waals surface area (Å²) in [5, 5.41) is 0. The van der Waals surface area contributed by atoms with Crippen molar-refractivity contribution in [1.82, 2.24) is 4.90 Å². The van der Waals surface area contributed by atoms with Crippen molar-refractivity contribution in [1.29, 1.82) is 0 Å². The molecule has 1 atom stereocenters. The molecule has 108 valence electrons. The lowest BCUT2D eigenvalue weighted by Crippen LogP contribution is -2.55. The second-order valence-electron chi connectivity index (χ2n) is 5.72. The van der Waals surface area contributed by atoms with E-state index in [1.165, 1.54) is 7.11 Å². The number of rotatable bonds is 3. The summed E-state index contributed by atoms with van der Waals surface area (Å²) in [7, 11) is 1.38. The first-order valence-corrected chi connectivity index (χ1v) is 7.23. The van der Waals surface area contributed by atoms with Crippen molar-refractivity contribution in [2.45, 2.75) is 51.0 Å². The van der Waals surface area contributed by atoms with Crippen LogP contribution in [0.1, 0.15) is 44.9 Å². The number of nitrogens with zero attached hydrogens (tertiary/aromatic N) is 1. The van der Waals surface area contributed by atoms with Crippen LogP contribution < -0.4 is 5.73 Å². The third-order valence-corrected chi connectivity index (χ3v) is 4.64. The van der Waals surface area contributed by atoms with Gasteiger partial charge in [0.15, 0.2) is 0 Å². The number of methoxy groups -OCH3 is 1. The van der Waals surface area contributed by atoms with Gasteiger partial charge in [0.25, 0.3) is 0 Å². The van der Waals surface area contributed by atoms with Gasteiger partial charge in [0, 0.05) is 13.1 Å². The van der Waals surface area contributed by atoms with Crippen LogP contribution in [0.25, 0.3) is 0 Å². The number of hydrogen-bond donors (Lipinski definition) is 1. The van der Waals surface area contributed by atoms with Crippen molar-refractivity contribution in [2.24, 2.45) is 11.1 Å². The molecule has 2 rings (SSSR count). The monoisotopic (exact) mass is 268 g/mol. The summed E-state index contributed by atoms with van der Waals surface area (Å²) in [5.74, 6) is -0.221. The predicted molar refractivity (Wildman–Crippen MR) is 71.3 cm³/mol. The van der Waals surface area contributed by atoms with E-state index in [-0.39, 0.29) is 11.9 Å². The van der Waals surface area contributed by atoms with E-state index in [0.29, 0.717) is 19.5 Å². The Hall–Kier alpha value is -1.10. The van der Waals surface area contributed by atoms with Gasteiger partial charge in [0.2, 0.25) is 5.91 Å². The lowest BCUT2D eigenvalue weighted by atomic mass is 9.83. The van der Waals surface area contributed by atoms with Gasteiger partial charge < -0.3 is 15.4 Å². The molecule has 2 N–H and O–H groups in total. The molecule has 5 heteroatoms. The van der Waals surface area contributed by atoms with Crippen LogP contribution in [0.2, 0.25) is 0 Å². The summed E-state index contributed by atoms with van der Waals surface area (Å²) in [6.07, 6.45) is 6.46. The molecule has 0 bridgehead atoms. The number of amides is 1. The van der Waals surface area contributed by atoms with Gasteiger partial charge in [-0.05, 0) is 32.1 Å². The molecule has 0 aromatic heterocycles. The third kappa shape index (κ3) is 2.61. The van der Waals surface area contributed by atoms with Crippen LogP contribution in [0.5, 0.6) is 0 Å². The summed E-state index contributed by atoms with van der Waals surface area (Å²) in [5.41, 5.74) is 5.44. The topological polar surface area (TPSA) is 72.6 Å². The first-order valence-electron chi connectivity index (χ1n) is 7.23. The van der Waals surface area contributed by atoms with Crippen LogP contribution in [-0.4, -0.2) is 43.0 Å². The first-order chi connectivity index (χ1) is 9.14. The Balaban J connectivity index is 2.17. The van der Waals surface area contributed by atoms with Gasteiger partial charge >= 0.3 is 5.97 Å². The molecular formula is C14H24N2O3. The Morgan fingerprint density at radius 3 is 2.53 bits per heavy atom. The van der Waals surface area contributed by atoms with Gasteiger partial charge in [-0.1, -0.05) is 12.8 Å². The van der Waals surface area contributed by atoms with Gasteiger partial charge in [-0.15, -0.1) is 0 Å². The maximum Gasteiger partial charge on any atom is 0.328 e. The fraction of sp³-hybridized carbons (Fsp3) is 0.857. The zero-order chi connectivity index (χ0) is 13.9. The number of esters is 1. The van der Waals surface area contributed by atoms with Crippen molar-refractivity contribution in [2.75, 3.05) is 20.2 Å². The molecule has 0 spiro atoms. The zero-order valence-corrected chi connectivity index (χ0v) is 11.7. The van der Waals surface area contributed by atoms with Gasteiger partial charge in [0.05, 0.1) is 12.5 Å². The maximum atomic E-state index is 12.8. The van der Waals surface area contributed by atoms with Crippen LogP contribution in [0.4, 0.5) is 0 Å². The van der Waals surface area contributed by atoms with E-state index in [4.69, 9.17) is 10.5 Å². The van der Waals surface area contributed by atoms with Crippen molar-refractivity contribution in [3.8, 4) is 0 Å². The second-order valence-corrected chi connectivity index (χ2v) is 5.72. The largest absolute Gasteiger partial charge is 0.467 e. The van der Waals surface area contributed by atoms with Gasteiger partial charge in [0.1, 0.15) is 6.04 Å². The first kappa shape index (κ1) is 14.3. The van der Waals surface area contributed by atoms with E-state index < -0.39 is 11.5 Å². The smallest absolute Gasteiger partial charge is 0.328 e. The second kappa shape index (κ2) is 5.90. The molecule has 2 aliphatic rings. The fourth-order valence-corrected chi connectivity index (χ4v) is 3.42. The molecule has 1 aliphatic heterocycles. The highest BCUT2D eigenvalue weighted by molar-refractivity contribution is 5.88. The molecular weight excluding hydrogens is 244 g/mol. The standard InChI is InChI=1S/C14H24N2O3/c1-19-12(17)11-6-2-5-9-16(11)13(18)14(10-15)7-3-4-8-14/h11H,2-10,15H2,1H3. The van der Waals surface area contributed by atoms with Crippen molar-refractivity contribution >= 4 is 11.9 Å². The molecule has 1 heterocycles. The number of carbonyl (C=O) groups is 2. The van der Waals surface area contributed by atoms with E-state index in [2.05, 4.69) is 0 Å². The summed E-state index contributed by atoms with van der Waals surface area (Å²) in [6, 6.07) is -0.407. The SMILES string of the molecule is COC(=O)C1CCCCN1C(=O)C1(CN)CCCC1. The molecule has 0 aromatic rings. The van der Waals surface area contributed by atoms with Crippen LogP contribution in [0.3, 0.4) is 0 Å². The number of carbonyl (C=O) groups excluding carboxylic acids is 2. The van der Waals surface area contributed by atoms with Crippen LogP contribution in [0, 0.1) is 5.41 Å². The highest BCUT2D eigenvalue weighted by Gasteiger charge is 2.45. The van der Waals surface area contributed by atoms with E-state index in [1.54, 1.807) is 4.90 Å². The van der Waals surface area contributed by atoms with E-state index in [9.17, 15) is 9.59 Å². The minimum atomic E-state index is -0.427. The van der Waals surface area contributed by atoms with Crippen LogP contribution in [0.15, 0.2) is 0 Å². The van der Waals surface area contributed by atoms with Gasteiger partial charge in [-0.2, -0.15) is 0 Å². The normalized spacial score (nSPS) is 26.2. The molecule has 1 aliphatic carbocycles. The molecule has 19 heavy (non-hydrogen) atoms. The van der Waals surface area contributed by atoms with Crippen molar-refractivity contribution in [3.05, 3.63) is 0 Å². The van der Waals surface area contributed by atoms with Crippen molar-refractivity contribution in [3.63, 3.8) is 0 Å². The molecule has 1 amide bonds. The minimum absolute atomic E-state index is 0.0719. The van der Waals surface area contributed by atoms with Gasteiger partial charge in [-0.3, -0.25) is 4.79 Å². The Morgan fingerprint density at radius 2 is 1.95 bits per heavy atom. The minimum Gasteiger partial charge on any atom is -0.467 e. The molecule has 1 saturated carbocycles. The van der Waals surface area contributed by atoms with Crippen molar-refractivity contribution < 1.29 is 14.3 Å². The van der Waals surface area contributed by atoms with Gasteiger partial charge in [-0.25, -0.2) is 4.79 Å². The quantitative estimate of drug-likeness (QED) is 0.777. The van der Waals surface area contributed by atoms with Crippen LogP contribution in [-0.2, 0) is 14.3 Å². The fourth-order valence-electron chi connectivity index (χ4n) is 3.42. The molecule has 0 radical (unpaired) electrons. The Labute approximate surface area is 114 Å². The molecule has 5 nitrogen and oxygen atoms in total. The lowest BCUT2D eigenvalue weighted by Gasteiger charge is -2.39. The lowest BCUT2D eigenvalue weighted by molar-refractivity contribution is -0.159. The average Bonchev–Trinajstić information content (AvgIpc) is 2.95. The molecule has 1 unspecified atom stereocenters. The highest BCUT2D eigenvalue weighted by Crippen LogP contribution is 2.40. The summed E-state index contributed by atoms with van der Waals surface area (Å²) in [4.78, 5) is 26.4. The predicted octanol–water partition coefficient (Wildman–Crippen LogP) is 1.06. The molecule has 0 aromatic carbocycles. The number of nitrogens with two attached hydrogens (primary N) is 1. The van der Waals surface area contributed by atoms with E-state index in [0.717, 1.165) is 38.5 Å². The molecule has 1 saturated heterocycles. The Bertz CT molecular complexity index is 351. The maximum absolute atomic E-state index is 12.8. The van der Waals surface area contributed by atoms with E-state index in [1.807, 2.05) is 0 Å². The molecule has 2 fully saturated rings. The average molecular weight is 268 g/mol. The zero-order valence-electron chi connectivity index (χ0n) is 11.7. The summed E-state index contributed by atoms with van der Waals surface area (Å²) < 4.78 is 4.84. The van der Waals surface area contributed by atoms with E-state index >= 15 is 0 Å². The summed E-state index contributed by atoms with van der Waals surface area (Å²) >= 11 is 0. The Kier molecular flexibility index (Phi) is 4.45. The number of ether oxygens (including phenoxy) is 1. The van der Waals surface area contributed by atoms with Crippen LogP contribution >= 0.6 is 0 Å². The summed E-state index contributed by atoms with van der Waals surface area (Å²) in [6.45, 7) is 1.04. The number of piperidine rings is 1. The number of hydrogen-bond acceptors (Lipinski definition) is 4. The Morgan fingerprint density at radius 1 is 1.26 bits per heavy atom. The highest BCUT2D eigenvalue weighted by atomic mass is 16.5.